The Morgan fingerprint density at radius 1 is 0.410 bits per heavy atom. The van der Waals surface area contributed by atoms with Gasteiger partial charge in [-0.2, -0.15) is 0 Å². The summed E-state index contributed by atoms with van der Waals surface area (Å²) in [5.74, 6) is 0. The van der Waals surface area contributed by atoms with Crippen LogP contribution in [0.4, 0.5) is 17.1 Å². The number of anilines is 3. The third-order valence-corrected chi connectivity index (χ3v) is 14.9. The summed E-state index contributed by atoms with van der Waals surface area (Å²) < 4.78 is 7.37. The molecule has 0 spiro atoms. The monoisotopic (exact) mass is 795 g/mol. The molecule has 0 radical (unpaired) electrons. The minimum Gasteiger partial charge on any atom is -0.455 e. The Balaban J connectivity index is 1.25. The van der Waals surface area contributed by atoms with Crippen LogP contribution in [0, 0.1) is 0 Å². The molecule has 0 fully saturated rings. The van der Waals surface area contributed by atoms with Crippen molar-refractivity contribution in [2.45, 2.75) is 110 Å². The van der Waals surface area contributed by atoms with Crippen molar-refractivity contribution in [1.29, 1.82) is 0 Å². The van der Waals surface area contributed by atoms with E-state index in [-0.39, 0.29) is 27.1 Å². The SMILES string of the molecule is CC(C)(C)c1cc(C(C)(C)C)c2oc3c4c(ccc3c2c1)C(C)(C)c1cccc(N(c2ccc3c(c2)C(C)(C)c2ccccc2-3)c2cccc3c2-c2ccccc2C3(C)C)c1-4. The zero-order valence-electron chi connectivity index (χ0n) is 38.0. The maximum atomic E-state index is 7.37. The maximum Gasteiger partial charge on any atom is 0.143 e. The number of furan rings is 1. The fourth-order valence-corrected chi connectivity index (χ4v) is 11.5. The van der Waals surface area contributed by atoms with Crippen LogP contribution in [0.15, 0.2) is 132 Å². The Morgan fingerprint density at radius 3 is 1.62 bits per heavy atom. The molecule has 304 valence electrons. The minimum absolute atomic E-state index is 0.00824. The second kappa shape index (κ2) is 12.2. The Morgan fingerprint density at radius 2 is 0.951 bits per heavy atom. The molecule has 2 heteroatoms. The number of hydrogen-bond acceptors (Lipinski definition) is 2. The predicted molar refractivity (Wildman–Crippen MR) is 258 cm³/mol. The van der Waals surface area contributed by atoms with E-state index in [1.165, 1.54) is 100 Å². The van der Waals surface area contributed by atoms with Crippen molar-refractivity contribution in [3.05, 3.63) is 172 Å². The summed E-state index contributed by atoms with van der Waals surface area (Å²) in [6.07, 6.45) is 0. The van der Waals surface area contributed by atoms with Gasteiger partial charge in [0.1, 0.15) is 11.2 Å². The van der Waals surface area contributed by atoms with Gasteiger partial charge in [0.15, 0.2) is 0 Å². The van der Waals surface area contributed by atoms with Gasteiger partial charge in [0.2, 0.25) is 0 Å². The molecule has 1 heterocycles. The van der Waals surface area contributed by atoms with Crippen molar-refractivity contribution in [3.8, 4) is 33.4 Å². The molecule has 11 rings (SSSR count). The third-order valence-electron chi connectivity index (χ3n) is 14.9. The molecule has 0 bridgehead atoms. The van der Waals surface area contributed by atoms with Crippen molar-refractivity contribution < 1.29 is 4.42 Å². The van der Waals surface area contributed by atoms with E-state index in [2.05, 4.69) is 215 Å². The highest BCUT2D eigenvalue weighted by Crippen LogP contribution is 2.61. The van der Waals surface area contributed by atoms with Gasteiger partial charge in [0, 0.05) is 55.0 Å². The van der Waals surface area contributed by atoms with Crippen molar-refractivity contribution >= 4 is 39.0 Å². The molecule has 0 amide bonds. The maximum absolute atomic E-state index is 7.37. The van der Waals surface area contributed by atoms with Gasteiger partial charge in [-0.3, -0.25) is 0 Å². The molecule has 2 nitrogen and oxygen atoms in total. The molecule has 0 aliphatic heterocycles. The second-order valence-electron chi connectivity index (χ2n) is 21.8. The highest BCUT2D eigenvalue weighted by molar-refractivity contribution is 6.15. The number of benzene rings is 7. The number of hydrogen-bond donors (Lipinski definition) is 0. The van der Waals surface area contributed by atoms with Crippen molar-refractivity contribution in [2.24, 2.45) is 0 Å². The molecule has 0 saturated carbocycles. The molecule has 1 aromatic heterocycles. The normalized spacial score (nSPS) is 16.3. The second-order valence-corrected chi connectivity index (χ2v) is 21.8. The number of nitrogens with zero attached hydrogens (tertiary/aromatic N) is 1. The Bertz CT molecular complexity index is 3190. The first-order chi connectivity index (χ1) is 28.8. The fourth-order valence-electron chi connectivity index (χ4n) is 11.5. The van der Waals surface area contributed by atoms with E-state index in [0.29, 0.717) is 0 Å². The summed E-state index contributed by atoms with van der Waals surface area (Å²) in [4.78, 5) is 2.60. The molecule has 0 atom stereocenters. The Kier molecular flexibility index (Phi) is 7.59. The molecule has 61 heavy (non-hydrogen) atoms. The molecular formula is C59H57NO. The lowest BCUT2D eigenvalue weighted by molar-refractivity contribution is 0.559. The van der Waals surface area contributed by atoms with Crippen LogP contribution in [0.1, 0.15) is 128 Å². The lowest BCUT2D eigenvalue weighted by Gasteiger charge is -2.32. The van der Waals surface area contributed by atoms with Gasteiger partial charge in [0.05, 0.1) is 11.4 Å². The summed E-state index contributed by atoms with van der Waals surface area (Å²) in [6.45, 7) is 28.2. The molecule has 0 N–H and O–H groups in total. The standard InChI is InChI=1S/C59H57NO/c1-55(2,3)34-31-40-38-29-30-45-52(54(38)61-53(40)47(32-34)56(4,5)6)51-44(59(45,11)12)24-18-26-49(51)60(35-27-28-37-36-19-13-15-21-41(36)58(9,10)46(37)33-35)48-25-17-23-43-50(48)39-20-14-16-22-42(39)57(43,7)8/h13-33H,1-12H3. The molecule has 3 aliphatic rings. The highest BCUT2D eigenvalue weighted by atomic mass is 16.3. The lowest BCUT2D eigenvalue weighted by Crippen LogP contribution is -2.18. The number of fused-ring (bicyclic) bond motifs is 13. The molecule has 0 saturated heterocycles. The Labute approximate surface area is 362 Å². The van der Waals surface area contributed by atoms with Crippen molar-refractivity contribution in [1.82, 2.24) is 0 Å². The largest absolute Gasteiger partial charge is 0.455 e. The van der Waals surface area contributed by atoms with E-state index in [9.17, 15) is 0 Å². The Hall–Kier alpha value is -5.86. The lowest BCUT2D eigenvalue weighted by atomic mass is 9.79. The average molecular weight is 796 g/mol. The van der Waals surface area contributed by atoms with E-state index < -0.39 is 0 Å². The van der Waals surface area contributed by atoms with Crippen LogP contribution in [-0.4, -0.2) is 0 Å². The van der Waals surface area contributed by atoms with Gasteiger partial charge in [-0.05, 0) is 96.8 Å². The van der Waals surface area contributed by atoms with E-state index in [1.54, 1.807) is 0 Å². The predicted octanol–water partition coefficient (Wildman–Crippen LogP) is 16.6. The van der Waals surface area contributed by atoms with Gasteiger partial charge in [-0.1, -0.05) is 180 Å². The smallest absolute Gasteiger partial charge is 0.143 e. The summed E-state index contributed by atoms with van der Waals surface area (Å²) in [5.41, 5.74) is 23.4. The van der Waals surface area contributed by atoms with Crippen LogP contribution in [0.25, 0.3) is 55.3 Å². The first-order valence-corrected chi connectivity index (χ1v) is 22.3. The molecule has 0 unspecified atom stereocenters. The topological polar surface area (TPSA) is 16.4 Å². The fraction of sp³-hybridized carbons (Fsp3) is 0.288. The van der Waals surface area contributed by atoms with Crippen LogP contribution >= 0.6 is 0 Å². The van der Waals surface area contributed by atoms with Gasteiger partial charge in [-0.15, -0.1) is 0 Å². The summed E-state index contributed by atoms with van der Waals surface area (Å²) in [5, 5.41) is 2.39. The first kappa shape index (κ1) is 38.1. The summed E-state index contributed by atoms with van der Waals surface area (Å²) >= 11 is 0. The van der Waals surface area contributed by atoms with E-state index >= 15 is 0 Å². The van der Waals surface area contributed by atoms with Gasteiger partial charge in [-0.25, -0.2) is 0 Å². The molecule has 8 aromatic rings. The van der Waals surface area contributed by atoms with Crippen molar-refractivity contribution in [2.75, 3.05) is 4.90 Å². The summed E-state index contributed by atoms with van der Waals surface area (Å²) in [6, 6.07) is 48.8. The highest BCUT2D eigenvalue weighted by Gasteiger charge is 2.43. The van der Waals surface area contributed by atoms with Crippen molar-refractivity contribution in [3.63, 3.8) is 0 Å². The molecule has 7 aromatic carbocycles. The van der Waals surface area contributed by atoms with Crippen LogP contribution in [0.2, 0.25) is 0 Å². The number of rotatable bonds is 3. The van der Waals surface area contributed by atoms with E-state index in [0.717, 1.165) is 16.9 Å². The van der Waals surface area contributed by atoms with Gasteiger partial charge in [0.25, 0.3) is 0 Å². The zero-order valence-corrected chi connectivity index (χ0v) is 38.0. The quantitative estimate of drug-likeness (QED) is 0.177. The van der Waals surface area contributed by atoms with Crippen LogP contribution < -0.4 is 4.90 Å². The van der Waals surface area contributed by atoms with Crippen LogP contribution in [0.5, 0.6) is 0 Å². The molecular weight excluding hydrogens is 739 g/mol. The van der Waals surface area contributed by atoms with E-state index in [1.807, 2.05) is 0 Å². The average Bonchev–Trinajstić information content (AvgIpc) is 3.86. The van der Waals surface area contributed by atoms with Crippen LogP contribution in [0.3, 0.4) is 0 Å². The minimum atomic E-state index is -0.252. The van der Waals surface area contributed by atoms with Gasteiger partial charge >= 0.3 is 0 Å². The third kappa shape index (κ3) is 5.08. The molecule has 3 aliphatic carbocycles. The van der Waals surface area contributed by atoms with Gasteiger partial charge < -0.3 is 9.32 Å². The van der Waals surface area contributed by atoms with Crippen LogP contribution in [-0.2, 0) is 27.1 Å². The zero-order chi connectivity index (χ0) is 42.8. The first-order valence-electron chi connectivity index (χ1n) is 22.3. The summed E-state index contributed by atoms with van der Waals surface area (Å²) in [7, 11) is 0. The van der Waals surface area contributed by atoms with E-state index in [4.69, 9.17) is 4.42 Å².